The summed E-state index contributed by atoms with van der Waals surface area (Å²) in [7, 11) is 0. The Hall–Kier alpha value is -0.690. The first kappa shape index (κ1) is 30.8. The molecule has 8 unspecified atom stereocenters. The highest BCUT2D eigenvalue weighted by atomic mass is 16.8. The third-order valence-corrected chi connectivity index (χ3v) is 14.0. The second kappa shape index (κ2) is 11.4. The molecule has 0 aliphatic heterocycles. The van der Waals surface area contributed by atoms with Gasteiger partial charge < -0.3 is 20.7 Å². The molecule has 0 aromatic carbocycles. The van der Waals surface area contributed by atoms with Gasteiger partial charge >= 0.3 is 0 Å². The molecule has 5 N–H and O–H groups in total. The zero-order valence-electron chi connectivity index (χ0n) is 26.2. The molecule has 5 saturated carbocycles. The number of aliphatic hydroxyl groups is 1. The van der Waals surface area contributed by atoms with Gasteiger partial charge in [-0.05, 0) is 116 Å². The molecule has 0 aromatic rings. The normalized spacial score (nSPS) is 49.5. The Kier molecular flexibility index (Phi) is 8.79. The number of amides is 1. The number of fused-ring (bicyclic) bond motifs is 5. The molecule has 5 rings (SSSR count). The lowest BCUT2D eigenvalue weighted by molar-refractivity contribution is -0.332. The van der Waals surface area contributed by atoms with Gasteiger partial charge in [-0.3, -0.25) is 9.53 Å². The first-order chi connectivity index (χ1) is 18.8. The molecule has 1 amide bonds. The topological polar surface area (TPSA) is 105 Å². The molecule has 40 heavy (non-hydrogen) atoms. The molecule has 10 atom stereocenters. The predicted molar refractivity (Wildman–Crippen MR) is 158 cm³/mol. The lowest BCUT2D eigenvalue weighted by Gasteiger charge is -2.63. The Morgan fingerprint density at radius 2 is 1.75 bits per heavy atom. The molecule has 6 nitrogen and oxygen atoms in total. The van der Waals surface area contributed by atoms with E-state index in [9.17, 15) is 9.90 Å². The van der Waals surface area contributed by atoms with Crippen LogP contribution >= 0.6 is 0 Å². The molecular weight excluding hydrogens is 502 g/mol. The third-order valence-electron chi connectivity index (χ3n) is 14.0. The number of hydrogen-bond donors (Lipinski definition) is 2. The predicted octanol–water partition coefficient (Wildman–Crippen LogP) is 6.49. The third kappa shape index (κ3) is 5.53. The monoisotopic (exact) mass is 562 g/mol. The molecule has 0 heterocycles. The first-order valence-corrected chi connectivity index (χ1v) is 16.9. The maximum Gasteiger partial charge on any atom is 0.275 e. The second-order valence-electron chi connectivity index (χ2n) is 15.7. The average molecular weight is 563 g/mol. The van der Waals surface area contributed by atoms with Crippen molar-refractivity contribution in [2.45, 2.75) is 143 Å². The molecular formula is C34H60NO5+. The Balaban J connectivity index is 1.21. The van der Waals surface area contributed by atoms with Gasteiger partial charge in [0.1, 0.15) is 0 Å². The smallest absolute Gasteiger partial charge is 0.275 e. The molecule has 0 bridgehead atoms. The molecule has 0 radical (unpaired) electrons. The van der Waals surface area contributed by atoms with Gasteiger partial charge in [-0.25, -0.2) is 0 Å². The highest BCUT2D eigenvalue weighted by molar-refractivity contribution is 5.73. The van der Waals surface area contributed by atoms with Crippen molar-refractivity contribution in [2.75, 3.05) is 6.79 Å². The van der Waals surface area contributed by atoms with Gasteiger partial charge in [0.25, 0.3) is 5.79 Å². The minimum atomic E-state index is -1.13. The van der Waals surface area contributed by atoms with Crippen molar-refractivity contribution in [1.29, 1.82) is 0 Å². The summed E-state index contributed by atoms with van der Waals surface area (Å²) in [5.74, 6) is 3.18. The van der Waals surface area contributed by atoms with Crippen molar-refractivity contribution in [3.8, 4) is 0 Å². The first-order valence-electron chi connectivity index (χ1n) is 16.9. The van der Waals surface area contributed by atoms with E-state index in [-0.39, 0.29) is 18.1 Å². The SMILES string of the molecule is CCC1CCC([OH2+])(OCOC2(O)CC[C@]3(C)C4CC(C)C5(C)C(C(C)CCC(N)=O)CCC5C4CC[C@@H]3C2)CC1. The fourth-order valence-electron chi connectivity index (χ4n) is 11.2. The fourth-order valence-corrected chi connectivity index (χ4v) is 11.2. The number of carbonyl (C=O) groups is 1. The van der Waals surface area contributed by atoms with E-state index in [4.69, 9.17) is 20.3 Å². The summed E-state index contributed by atoms with van der Waals surface area (Å²) >= 11 is 0. The molecule has 5 fully saturated rings. The molecule has 0 saturated heterocycles. The highest BCUT2D eigenvalue weighted by Gasteiger charge is 2.63. The second-order valence-corrected chi connectivity index (χ2v) is 15.7. The Bertz CT molecular complexity index is 903. The van der Waals surface area contributed by atoms with E-state index in [1.54, 1.807) is 0 Å². The van der Waals surface area contributed by atoms with E-state index >= 15 is 0 Å². The van der Waals surface area contributed by atoms with Crippen LogP contribution in [0, 0.1) is 58.2 Å². The summed E-state index contributed by atoms with van der Waals surface area (Å²) in [5, 5.41) is 20.3. The van der Waals surface area contributed by atoms with Gasteiger partial charge in [-0.1, -0.05) is 41.0 Å². The zero-order valence-corrected chi connectivity index (χ0v) is 26.2. The van der Waals surface area contributed by atoms with Crippen molar-refractivity contribution in [1.82, 2.24) is 0 Å². The molecule has 5 aliphatic carbocycles. The summed E-state index contributed by atoms with van der Waals surface area (Å²) in [6.07, 6.45) is 15.0. The van der Waals surface area contributed by atoms with Crippen LogP contribution in [0.1, 0.15) is 131 Å². The van der Waals surface area contributed by atoms with Gasteiger partial charge in [-0.2, -0.15) is 0 Å². The quantitative estimate of drug-likeness (QED) is 0.247. The van der Waals surface area contributed by atoms with Crippen molar-refractivity contribution in [3.63, 3.8) is 0 Å². The van der Waals surface area contributed by atoms with E-state index < -0.39 is 11.6 Å². The maximum absolute atomic E-state index is 11.5. The van der Waals surface area contributed by atoms with Gasteiger partial charge in [-0.15, -0.1) is 0 Å². The summed E-state index contributed by atoms with van der Waals surface area (Å²) < 4.78 is 12.1. The minimum Gasteiger partial charge on any atom is -0.419 e. The van der Waals surface area contributed by atoms with Crippen LogP contribution in [0.5, 0.6) is 0 Å². The molecule has 5 aliphatic rings. The van der Waals surface area contributed by atoms with Crippen LogP contribution in [0.2, 0.25) is 0 Å². The number of primary amides is 1. The van der Waals surface area contributed by atoms with E-state index in [2.05, 4.69) is 34.6 Å². The van der Waals surface area contributed by atoms with Crippen LogP contribution in [-0.2, 0) is 14.3 Å². The summed E-state index contributed by atoms with van der Waals surface area (Å²) in [6, 6.07) is 0. The van der Waals surface area contributed by atoms with E-state index in [0.29, 0.717) is 54.3 Å². The fraction of sp³-hybridized carbons (Fsp3) is 0.971. The van der Waals surface area contributed by atoms with Gasteiger partial charge in [0.2, 0.25) is 5.91 Å². The highest BCUT2D eigenvalue weighted by Crippen LogP contribution is 2.70. The summed E-state index contributed by atoms with van der Waals surface area (Å²) in [4.78, 5) is 11.5. The molecule has 230 valence electrons. The van der Waals surface area contributed by atoms with Gasteiger partial charge in [0.05, 0.1) is 12.8 Å². The number of hydrogen-bond acceptors (Lipinski definition) is 4. The Morgan fingerprint density at radius 3 is 2.42 bits per heavy atom. The van der Waals surface area contributed by atoms with Crippen molar-refractivity contribution in [2.24, 2.45) is 63.9 Å². The number of carbonyl (C=O) groups excluding carboxylic acids is 1. The van der Waals surface area contributed by atoms with Gasteiger partial charge in [0.15, 0.2) is 12.6 Å². The number of rotatable bonds is 9. The van der Waals surface area contributed by atoms with Crippen LogP contribution in [0.25, 0.3) is 0 Å². The van der Waals surface area contributed by atoms with Gasteiger partial charge in [0, 0.05) is 19.3 Å². The van der Waals surface area contributed by atoms with Crippen LogP contribution in [-0.4, -0.2) is 34.5 Å². The number of nitrogens with two attached hydrogens (primary N) is 1. The minimum absolute atomic E-state index is 0.0269. The van der Waals surface area contributed by atoms with Crippen LogP contribution in [0.15, 0.2) is 0 Å². The lowest BCUT2D eigenvalue weighted by Crippen LogP contribution is -2.58. The zero-order chi connectivity index (χ0) is 28.9. The largest absolute Gasteiger partial charge is 0.419 e. The summed E-state index contributed by atoms with van der Waals surface area (Å²) in [6.45, 7) is 12.3. The van der Waals surface area contributed by atoms with Crippen LogP contribution in [0.3, 0.4) is 0 Å². The molecule has 0 aromatic heterocycles. The van der Waals surface area contributed by atoms with Crippen molar-refractivity contribution >= 4 is 5.91 Å². The maximum atomic E-state index is 11.5. The summed E-state index contributed by atoms with van der Waals surface area (Å²) in [5.41, 5.74) is 6.11. The van der Waals surface area contributed by atoms with Crippen molar-refractivity contribution < 1.29 is 24.5 Å². The number of ether oxygens (including phenoxy) is 2. The Morgan fingerprint density at radius 1 is 1.02 bits per heavy atom. The van der Waals surface area contributed by atoms with E-state index in [1.807, 2.05) is 0 Å². The Labute approximate surface area is 243 Å². The van der Waals surface area contributed by atoms with Crippen molar-refractivity contribution in [3.05, 3.63) is 0 Å². The molecule has 0 spiro atoms. The van der Waals surface area contributed by atoms with Crippen LogP contribution in [0.4, 0.5) is 0 Å². The van der Waals surface area contributed by atoms with E-state index in [0.717, 1.165) is 56.3 Å². The standard InChI is InChI=1S/C34H59NO5/c1-6-24-13-15-33(37,16-14-24)39-21-40-34(38)18-17-31(4)25(20-34)8-9-26-28-11-10-27(22(2)7-12-30(35)36)32(28,5)23(3)19-29(26)31/h22-29,37-38H,6-21H2,1-5H3,(H2,35,36)/p+1/t22?,23?,24?,25-,26?,27?,28?,29?,31+,32?,33?,34?/m1/s1. The lowest BCUT2D eigenvalue weighted by atomic mass is 9.42. The van der Waals surface area contributed by atoms with E-state index in [1.165, 1.54) is 38.5 Å². The average Bonchev–Trinajstić information content (AvgIpc) is 3.27. The molecule has 6 heteroatoms. The van der Waals surface area contributed by atoms with Crippen LogP contribution < -0.4 is 5.73 Å².